The van der Waals surface area contributed by atoms with Gasteiger partial charge in [0.1, 0.15) is 17.3 Å². The molecule has 0 saturated carbocycles. The maximum Gasteiger partial charge on any atom is 0.301 e. The third-order valence-electron chi connectivity index (χ3n) is 5.95. The molecule has 1 aliphatic rings. The zero-order chi connectivity index (χ0) is 26.7. The fourth-order valence-electron chi connectivity index (χ4n) is 3.91. The van der Waals surface area contributed by atoms with E-state index >= 15 is 0 Å². The molecule has 1 aliphatic heterocycles. The molecular formula is C24H22ClF4IN4O2S. The molecule has 1 saturated heterocycles. The number of nitrogens with one attached hydrogen (secondary N) is 3. The maximum atomic E-state index is 14.7. The van der Waals surface area contributed by atoms with E-state index in [-0.39, 0.29) is 35.4 Å². The monoisotopic (exact) mass is 668 g/mol. The molecule has 3 N–H and O–H groups in total. The van der Waals surface area contributed by atoms with Gasteiger partial charge in [0.2, 0.25) is 0 Å². The molecule has 1 fully saturated rings. The summed E-state index contributed by atoms with van der Waals surface area (Å²) in [6.45, 7) is 0.941. The normalized spacial score (nSPS) is 15.0. The standard InChI is InChI=1S/C24H22ClF4IN4O2S/c25-17-12-16(2-3-18(17)26)31-13-14-7-9-34(10-8-14)37(35,36)33-22-6-4-19(27)23(29)24(22)32-21-5-1-15(30)11-20(21)28/h1-6,11-12,14,31-33H,7-10,13H2. The van der Waals surface area contributed by atoms with Crippen LogP contribution in [0.2, 0.25) is 5.02 Å². The molecule has 4 rings (SSSR count). The van der Waals surface area contributed by atoms with E-state index in [4.69, 9.17) is 11.6 Å². The van der Waals surface area contributed by atoms with Crippen LogP contribution in [0.5, 0.6) is 0 Å². The predicted molar refractivity (Wildman–Crippen MR) is 145 cm³/mol. The third kappa shape index (κ3) is 6.78. The molecule has 37 heavy (non-hydrogen) atoms. The molecule has 0 atom stereocenters. The minimum Gasteiger partial charge on any atom is -0.385 e. The number of nitrogens with zero attached hydrogens (tertiary/aromatic N) is 1. The van der Waals surface area contributed by atoms with Gasteiger partial charge >= 0.3 is 10.2 Å². The Labute approximate surface area is 230 Å². The Balaban J connectivity index is 1.42. The van der Waals surface area contributed by atoms with Crippen molar-refractivity contribution in [1.82, 2.24) is 4.31 Å². The van der Waals surface area contributed by atoms with Crippen molar-refractivity contribution in [3.63, 3.8) is 0 Å². The van der Waals surface area contributed by atoms with Crippen molar-refractivity contribution in [2.45, 2.75) is 12.8 Å². The zero-order valence-electron chi connectivity index (χ0n) is 19.2. The summed E-state index contributed by atoms with van der Waals surface area (Å²) in [5, 5.41) is 5.65. The molecule has 0 spiro atoms. The highest BCUT2D eigenvalue weighted by molar-refractivity contribution is 14.1. The van der Waals surface area contributed by atoms with Crippen LogP contribution in [0.1, 0.15) is 12.8 Å². The minimum atomic E-state index is -4.12. The van der Waals surface area contributed by atoms with Crippen LogP contribution in [0.3, 0.4) is 0 Å². The lowest BCUT2D eigenvalue weighted by molar-refractivity contribution is 0.283. The lowest BCUT2D eigenvalue weighted by Crippen LogP contribution is -2.42. The van der Waals surface area contributed by atoms with Crippen molar-refractivity contribution in [2.75, 3.05) is 35.0 Å². The number of halogens is 6. The summed E-state index contributed by atoms with van der Waals surface area (Å²) >= 11 is 7.70. The van der Waals surface area contributed by atoms with E-state index < -0.39 is 39.2 Å². The van der Waals surface area contributed by atoms with Crippen LogP contribution in [0.4, 0.5) is 40.3 Å². The molecule has 3 aromatic rings. The molecule has 0 bridgehead atoms. The average Bonchev–Trinajstić information content (AvgIpc) is 2.86. The fraction of sp³-hybridized carbons (Fsp3) is 0.250. The van der Waals surface area contributed by atoms with Crippen LogP contribution < -0.4 is 15.4 Å². The van der Waals surface area contributed by atoms with Gasteiger partial charge in [-0.15, -0.1) is 0 Å². The van der Waals surface area contributed by atoms with E-state index in [0.717, 1.165) is 12.1 Å². The summed E-state index contributed by atoms with van der Waals surface area (Å²) in [7, 11) is -4.12. The first-order chi connectivity index (χ1) is 17.5. The molecule has 0 radical (unpaired) electrons. The molecule has 1 heterocycles. The van der Waals surface area contributed by atoms with Crippen molar-refractivity contribution >= 4 is 67.2 Å². The Hall–Kier alpha value is -2.29. The highest BCUT2D eigenvalue weighted by Gasteiger charge is 2.29. The molecule has 6 nitrogen and oxygen atoms in total. The van der Waals surface area contributed by atoms with Gasteiger partial charge in [-0.3, -0.25) is 4.72 Å². The van der Waals surface area contributed by atoms with E-state index in [0.29, 0.717) is 28.6 Å². The van der Waals surface area contributed by atoms with Gasteiger partial charge in [0.15, 0.2) is 11.6 Å². The molecule has 198 valence electrons. The first-order valence-electron chi connectivity index (χ1n) is 11.2. The Bertz CT molecular complexity index is 1410. The van der Waals surface area contributed by atoms with Gasteiger partial charge in [-0.05, 0) is 89.9 Å². The highest BCUT2D eigenvalue weighted by Crippen LogP contribution is 2.33. The quantitative estimate of drug-likeness (QED) is 0.184. The van der Waals surface area contributed by atoms with E-state index in [2.05, 4.69) is 15.4 Å². The van der Waals surface area contributed by atoms with E-state index in [1.807, 2.05) is 22.6 Å². The molecule has 0 unspecified atom stereocenters. The smallest absolute Gasteiger partial charge is 0.301 e. The van der Waals surface area contributed by atoms with Gasteiger partial charge in [-0.1, -0.05) is 11.6 Å². The number of anilines is 4. The first-order valence-corrected chi connectivity index (χ1v) is 14.1. The van der Waals surface area contributed by atoms with Gasteiger partial charge in [0, 0.05) is 28.9 Å². The summed E-state index contributed by atoms with van der Waals surface area (Å²) in [6.07, 6.45) is 1.08. The molecule has 0 amide bonds. The van der Waals surface area contributed by atoms with Crippen molar-refractivity contribution in [2.24, 2.45) is 5.92 Å². The van der Waals surface area contributed by atoms with Crippen molar-refractivity contribution in [3.05, 3.63) is 80.4 Å². The third-order valence-corrected chi connectivity index (χ3v) is 8.44. The summed E-state index contributed by atoms with van der Waals surface area (Å²) in [4.78, 5) is 0. The van der Waals surface area contributed by atoms with Gasteiger partial charge < -0.3 is 10.6 Å². The lowest BCUT2D eigenvalue weighted by Gasteiger charge is -2.31. The number of hydrogen-bond donors (Lipinski definition) is 3. The van der Waals surface area contributed by atoms with E-state index in [1.165, 1.54) is 28.6 Å². The topological polar surface area (TPSA) is 73.5 Å². The molecule has 3 aromatic carbocycles. The second-order valence-electron chi connectivity index (χ2n) is 8.49. The van der Waals surface area contributed by atoms with Crippen LogP contribution in [0.15, 0.2) is 48.5 Å². The zero-order valence-corrected chi connectivity index (χ0v) is 22.9. The number of hydrogen-bond acceptors (Lipinski definition) is 4. The number of piperidine rings is 1. The first kappa shape index (κ1) is 27.7. The summed E-state index contributed by atoms with van der Waals surface area (Å²) in [5.74, 6) is -3.63. The van der Waals surface area contributed by atoms with E-state index in [9.17, 15) is 26.0 Å². The highest BCUT2D eigenvalue weighted by atomic mass is 127. The molecule has 0 aromatic heterocycles. The average molecular weight is 669 g/mol. The SMILES string of the molecule is O=S(=O)(Nc1ccc(F)c(F)c1Nc1ccc(I)cc1F)N1CCC(CNc2ccc(F)c(Cl)c2)CC1. The van der Waals surface area contributed by atoms with Crippen LogP contribution in [-0.4, -0.2) is 32.4 Å². The minimum absolute atomic E-state index is 0.00725. The fourth-order valence-corrected chi connectivity index (χ4v) is 5.81. The summed E-state index contributed by atoms with van der Waals surface area (Å²) < 4.78 is 86.5. The van der Waals surface area contributed by atoms with Crippen LogP contribution >= 0.6 is 34.2 Å². The van der Waals surface area contributed by atoms with Gasteiger partial charge in [0.05, 0.1) is 16.4 Å². The molecular weight excluding hydrogens is 647 g/mol. The Morgan fingerprint density at radius 3 is 2.27 bits per heavy atom. The Kier molecular flexibility index (Phi) is 8.71. The second-order valence-corrected chi connectivity index (χ2v) is 11.8. The van der Waals surface area contributed by atoms with Gasteiger partial charge in [0.25, 0.3) is 0 Å². The molecule has 13 heteroatoms. The van der Waals surface area contributed by atoms with Crippen molar-refractivity contribution in [1.29, 1.82) is 0 Å². The number of benzene rings is 3. The summed E-state index contributed by atoms with van der Waals surface area (Å²) in [6, 6.07) is 10.3. The van der Waals surface area contributed by atoms with Crippen LogP contribution in [0.25, 0.3) is 0 Å². The summed E-state index contributed by atoms with van der Waals surface area (Å²) in [5.41, 5.74) is -0.262. The maximum absolute atomic E-state index is 14.7. The Morgan fingerprint density at radius 2 is 1.59 bits per heavy atom. The van der Waals surface area contributed by atoms with Gasteiger partial charge in [-0.25, -0.2) is 17.6 Å². The van der Waals surface area contributed by atoms with Crippen molar-refractivity contribution < 1.29 is 26.0 Å². The Morgan fingerprint density at radius 1 is 0.919 bits per heavy atom. The van der Waals surface area contributed by atoms with Gasteiger partial charge in [-0.2, -0.15) is 12.7 Å². The number of rotatable bonds is 8. The van der Waals surface area contributed by atoms with Crippen molar-refractivity contribution in [3.8, 4) is 0 Å². The van der Waals surface area contributed by atoms with Crippen LogP contribution in [-0.2, 0) is 10.2 Å². The van der Waals surface area contributed by atoms with Crippen LogP contribution in [0, 0.1) is 32.8 Å². The largest absolute Gasteiger partial charge is 0.385 e. The lowest BCUT2D eigenvalue weighted by atomic mass is 9.98. The second kappa shape index (κ2) is 11.6. The predicted octanol–water partition coefficient (Wildman–Crippen LogP) is 6.73. The molecule has 0 aliphatic carbocycles. The van der Waals surface area contributed by atoms with E-state index in [1.54, 1.807) is 12.1 Å².